The first-order chi connectivity index (χ1) is 11.0. The second-order valence-corrected chi connectivity index (χ2v) is 5.04. The predicted octanol–water partition coefficient (Wildman–Crippen LogP) is 2.89. The zero-order valence-electron chi connectivity index (χ0n) is 12.6. The molecule has 0 fully saturated rings. The third kappa shape index (κ3) is 3.37. The van der Waals surface area contributed by atoms with E-state index in [-0.39, 0.29) is 17.5 Å². The van der Waals surface area contributed by atoms with E-state index in [0.717, 1.165) is 5.76 Å². The van der Waals surface area contributed by atoms with Crippen molar-refractivity contribution in [1.29, 1.82) is 0 Å². The average Bonchev–Trinajstić information content (AvgIpc) is 3.06. The minimum absolute atomic E-state index is 0.152. The first-order valence-corrected chi connectivity index (χ1v) is 6.98. The lowest BCUT2D eigenvalue weighted by Gasteiger charge is -2.03. The van der Waals surface area contributed by atoms with Gasteiger partial charge in [0, 0.05) is 24.3 Å². The molecule has 0 saturated heterocycles. The quantitative estimate of drug-likeness (QED) is 0.698. The number of rotatable bonds is 3. The molecule has 3 rings (SSSR count). The Morgan fingerprint density at radius 1 is 1.17 bits per heavy atom. The molecular weight excluding hydrogens is 296 g/mol. The summed E-state index contributed by atoms with van der Waals surface area (Å²) in [6.45, 7) is 3.25. The van der Waals surface area contributed by atoms with E-state index in [0.29, 0.717) is 17.0 Å². The highest BCUT2D eigenvalue weighted by atomic mass is 16.6. The topological polar surface area (TPSA) is 80.9 Å². The van der Waals surface area contributed by atoms with E-state index in [1.54, 1.807) is 36.4 Å². The Kier molecular flexibility index (Phi) is 3.80. The van der Waals surface area contributed by atoms with Crippen LogP contribution in [0.25, 0.3) is 6.08 Å². The second kappa shape index (κ2) is 5.92. The van der Waals surface area contributed by atoms with Gasteiger partial charge in [-0.15, -0.1) is 0 Å². The number of ether oxygens (including phenoxy) is 1. The Morgan fingerprint density at radius 3 is 2.52 bits per heavy atom. The third-order valence-corrected chi connectivity index (χ3v) is 3.11. The second-order valence-electron chi connectivity index (χ2n) is 5.04. The summed E-state index contributed by atoms with van der Waals surface area (Å²) in [6, 6.07) is 10.4. The molecule has 0 atom stereocenters. The number of hydrogen-bond donors (Lipinski definition) is 1. The zero-order chi connectivity index (χ0) is 16.4. The smallest absolute Gasteiger partial charge is 0.363 e. The number of amides is 1. The molecule has 1 aromatic carbocycles. The van der Waals surface area contributed by atoms with Gasteiger partial charge in [-0.1, -0.05) is 0 Å². The van der Waals surface area contributed by atoms with Crippen molar-refractivity contribution in [2.45, 2.75) is 13.8 Å². The van der Waals surface area contributed by atoms with Crippen molar-refractivity contribution >= 4 is 29.5 Å². The number of aliphatic imine (C=N–C) groups is 1. The number of cyclic esters (lactones) is 1. The third-order valence-electron chi connectivity index (χ3n) is 3.11. The molecule has 1 aliphatic rings. The molecule has 1 N–H and O–H groups in total. The number of furan rings is 1. The number of aryl methyl sites for hydroxylation is 1. The average molecular weight is 310 g/mol. The lowest BCUT2D eigenvalue weighted by atomic mass is 10.2. The van der Waals surface area contributed by atoms with Gasteiger partial charge in [0.15, 0.2) is 5.70 Å². The Hall–Kier alpha value is -3.15. The largest absolute Gasteiger partial charge is 0.462 e. The molecule has 0 saturated carbocycles. The maximum absolute atomic E-state index is 11.9. The Bertz CT molecular complexity index is 829. The Labute approximate surface area is 132 Å². The molecule has 0 radical (unpaired) electrons. The first-order valence-electron chi connectivity index (χ1n) is 6.98. The number of esters is 1. The molecule has 23 heavy (non-hydrogen) atoms. The van der Waals surface area contributed by atoms with Gasteiger partial charge in [0.2, 0.25) is 11.8 Å². The highest BCUT2D eigenvalue weighted by Crippen LogP contribution is 2.21. The van der Waals surface area contributed by atoms with Crippen LogP contribution in [0.4, 0.5) is 5.69 Å². The summed E-state index contributed by atoms with van der Waals surface area (Å²) in [6.07, 6.45) is 1.54. The fraction of sp³-hybridized carbons (Fsp3) is 0.118. The van der Waals surface area contributed by atoms with Gasteiger partial charge >= 0.3 is 5.97 Å². The van der Waals surface area contributed by atoms with E-state index in [2.05, 4.69) is 10.3 Å². The van der Waals surface area contributed by atoms with Crippen molar-refractivity contribution < 1.29 is 18.7 Å². The van der Waals surface area contributed by atoms with Crippen LogP contribution >= 0.6 is 0 Å². The van der Waals surface area contributed by atoms with E-state index in [1.807, 2.05) is 6.92 Å². The van der Waals surface area contributed by atoms with E-state index in [9.17, 15) is 9.59 Å². The number of nitrogens with zero attached hydrogens (tertiary/aromatic N) is 1. The molecule has 6 nitrogen and oxygen atoms in total. The summed E-state index contributed by atoms with van der Waals surface area (Å²) in [5, 5.41) is 2.66. The van der Waals surface area contributed by atoms with Gasteiger partial charge < -0.3 is 14.5 Å². The van der Waals surface area contributed by atoms with Gasteiger partial charge in [0.1, 0.15) is 11.5 Å². The number of carbonyl (C=O) groups is 2. The van der Waals surface area contributed by atoms with Crippen LogP contribution in [-0.2, 0) is 14.3 Å². The van der Waals surface area contributed by atoms with Gasteiger partial charge in [0.25, 0.3) is 0 Å². The molecule has 6 heteroatoms. The molecule has 0 aliphatic carbocycles. The van der Waals surface area contributed by atoms with E-state index >= 15 is 0 Å². The lowest BCUT2D eigenvalue weighted by molar-refractivity contribution is -0.130. The highest BCUT2D eigenvalue weighted by molar-refractivity contribution is 6.12. The minimum atomic E-state index is -0.528. The van der Waals surface area contributed by atoms with Crippen LogP contribution in [0.5, 0.6) is 0 Å². The molecule has 1 aromatic heterocycles. The van der Waals surface area contributed by atoms with Gasteiger partial charge in [0.05, 0.1) is 0 Å². The van der Waals surface area contributed by atoms with Crippen LogP contribution in [0.3, 0.4) is 0 Å². The molecule has 116 valence electrons. The highest BCUT2D eigenvalue weighted by Gasteiger charge is 2.24. The molecule has 1 amide bonds. The summed E-state index contributed by atoms with van der Waals surface area (Å²) in [7, 11) is 0. The van der Waals surface area contributed by atoms with Crippen LogP contribution < -0.4 is 5.32 Å². The summed E-state index contributed by atoms with van der Waals surface area (Å²) in [4.78, 5) is 27.1. The van der Waals surface area contributed by atoms with Crippen LogP contribution in [0, 0.1) is 6.92 Å². The normalized spacial score (nSPS) is 15.5. The maximum atomic E-state index is 11.9. The van der Waals surface area contributed by atoms with E-state index in [4.69, 9.17) is 9.15 Å². The summed E-state index contributed by atoms with van der Waals surface area (Å²) < 4.78 is 10.6. The van der Waals surface area contributed by atoms with Gasteiger partial charge in [-0.25, -0.2) is 9.79 Å². The van der Waals surface area contributed by atoms with Crippen LogP contribution in [-0.4, -0.2) is 17.8 Å². The number of anilines is 1. The van der Waals surface area contributed by atoms with Crippen molar-refractivity contribution in [2.75, 3.05) is 5.32 Å². The number of nitrogens with one attached hydrogen (secondary N) is 1. The number of carbonyl (C=O) groups excluding carboxylic acids is 2. The molecule has 0 bridgehead atoms. The van der Waals surface area contributed by atoms with Gasteiger partial charge in [-0.3, -0.25) is 4.79 Å². The molecule has 2 heterocycles. The van der Waals surface area contributed by atoms with Crippen molar-refractivity contribution in [2.24, 2.45) is 4.99 Å². The van der Waals surface area contributed by atoms with E-state index in [1.165, 1.54) is 13.0 Å². The van der Waals surface area contributed by atoms with Crippen molar-refractivity contribution in [3.63, 3.8) is 0 Å². The lowest BCUT2D eigenvalue weighted by Crippen LogP contribution is -2.07. The van der Waals surface area contributed by atoms with Crippen LogP contribution in [0.15, 0.2) is 51.5 Å². The first kappa shape index (κ1) is 14.8. The number of hydrogen-bond acceptors (Lipinski definition) is 5. The van der Waals surface area contributed by atoms with Gasteiger partial charge in [-0.05, 0) is 43.3 Å². The fourth-order valence-electron chi connectivity index (χ4n) is 2.10. The monoisotopic (exact) mass is 310 g/mol. The fourth-order valence-corrected chi connectivity index (χ4v) is 2.10. The minimum Gasteiger partial charge on any atom is -0.462 e. The summed E-state index contributed by atoms with van der Waals surface area (Å²) >= 11 is 0. The molecule has 1 aliphatic heterocycles. The molecule has 0 unspecified atom stereocenters. The Balaban J connectivity index is 1.83. The maximum Gasteiger partial charge on any atom is 0.363 e. The van der Waals surface area contributed by atoms with Crippen molar-refractivity contribution in [3.8, 4) is 0 Å². The molecular formula is C17H14N2O4. The van der Waals surface area contributed by atoms with Crippen molar-refractivity contribution in [3.05, 3.63) is 59.2 Å². The van der Waals surface area contributed by atoms with Crippen LogP contribution in [0.1, 0.15) is 24.0 Å². The zero-order valence-corrected chi connectivity index (χ0v) is 12.6. The van der Waals surface area contributed by atoms with E-state index < -0.39 is 5.97 Å². The SMILES string of the molecule is CC(=O)Nc1ccc(C2=NC(=Cc3ccc(C)o3)C(=O)O2)cc1. The summed E-state index contributed by atoms with van der Waals surface area (Å²) in [5.74, 6) is 0.835. The van der Waals surface area contributed by atoms with Crippen LogP contribution in [0.2, 0.25) is 0 Å². The molecule has 0 spiro atoms. The summed E-state index contributed by atoms with van der Waals surface area (Å²) in [5.41, 5.74) is 1.49. The number of benzene rings is 1. The van der Waals surface area contributed by atoms with Gasteiger partial charge in [-0.2, -0.15) is 0 Å². The molecule has 2 aromatic rings. The standard InChI is InChI=1S/C17H14N2O4/c1-10-3-8-14(22-10)9-15-17(21)23-16(19-15)12-4-6-13(7-5-12)18-11(2)20/h3-9H,1-2H3,(H,18,20). The van der Waals surface area contributed by atoms with Crippen molar-refractivity contribution in [1.82, 2.24) is 0 Å². The predicted molar refractivity (Wildman–Crippen MR) is 84.8 cm³/mol. The Morgan fingerprint density at radius 2 is 1.91 bits per heavy atom.